The third-order valence-electron chi connectivity index (χ3n) is 4.04. The second-order valence-corrected chi connectivity index (χ2v) is 5.28. The first-order valence-electron chi connectivity index (χ1n) is 6.87. The SMILES string of the molecule is Cc1ccoc1-c1noc(C2CCCCC2CN)n1. The maximum Gasteiger partial charge on any atom is 0.238 e. The van der Waals surface area contributed by atoms with Crippen molar-refractivity contribution in [3.8, 4) is 11.6 Å². The van der Waals surface area contributed by atoms with Crippen LogP contribution in [0, 0.1) is 12.8 Å². The Labute approximate surface area is 112 Å². The second kappa shape index (κ2) is 5.17. The summed E-state index contributed by atoms with van der Waals surface area (Å²) in [6.45, 7) is 2.65. The van der Waals surface area contributed by atoms with Crippen molar-refractivity contribution in [2.24, 2.45) is 11.7 Å². The Kier molecular flexibility index (Phi) is 3.38. The molecule has 19 heavy (non-hydrogen) atoms. The van der Waals surface area contributed by atoms with E-state index in [0.29, 0.717) is 35.9 Å². The molecule has 0 amide bonds. The summed E-state index contributed by atoms with van der Waals surface area (Å²) in [5.41, 5.74) is 6.87. The van der Waals surface area contributed by atoms with Crippen molar-refractivity contribution in [1.29, 1.82) is 0 Å². The van der Waals surface area contributed by atoms with Gasteiger partial charge in [-0.25, -0.2) is 0 Å². The predicted molar refractivity (Wildman–Crippen MR) is 70.5 cm³/mol. The molecule has 2 aromatic heterocycles. The molecule has 0 spiro atoms. The Morgan fingerprint density at radius 3 is 2.95 bits per heavy atom. The van der Waals surface area contributed by atoms with E-state index in [4.69, 9.17) is 14.7 Å². The molecule has 0 radical (unpaired) electrons. The molecule has 0 aliphatic heterocycles. The van der Waals surface area contributed by atoms with E-state index in [9.17, 15) is 0 Å². The van der Waals surface area contributed by atoms with Gasteiger partial charge < -0.3 is 14.7 Å². The van der Waals surface area contributed by atoms with Crippen LogP contribution in [0.5, 0.6) is 0 Å². The van der Waals surface area contributed by atoms with E-state index < -0.39 is 0 Å². The van der Waals surface area contributed by atoms with E-state index in [2.05, 4.69) is 10.1 Å². The largest absolute Gasteiger partial charge is 0.461 e. The highest BCUT2D eigenvalue weighted by Crippen LogP contribution is 2.37. The molecule has 0 bridgehead atoms. The minimum Gasteiger partial charge on any atom is -0.461 e. The molecule has 2 aromatic rings. The van der Waals surface area contributed by atoms with Crippen LogP contribution in [0.25, 0.3) is 11.6 Å². The lowest BCUT2D eigenvalue weighted by Crippen LogP contribution is -2.25. The van der Waals surface area contributed by atoms with Crippen LogP contribution in [0.4, 0.5) is 0 Å². The fourth-order valence-corrected chi connectivity index (χ4v) is 2.89. The van der Waals surface area contributed by atoms with E-state index in [0.717, 1.165) is 18.4 Å². The molecule has 0 saturated heterocycles. The van der Waals surface area contributed by atoms with Crippen LogP contribution < -0.4 is 5.73 Å². The Morgan fingerprint density at radius 2 is 2.21 bits per heavy atom. The average molecular weight is 261 g/mol. The number of rotatable bonds is 3. The van der Waals surface area contributed by atoms with Gasteiger partial charge >= 0.3 is 0 Å². The fourth-order valence-electron chi connectivity index (χ4n) is 2.89. The summed E-state index contributed by atoms with van der Waals surface area (Å²) in [6, 6.07) is 1.90. The third kappa shape index (κ3) is 2.30. The zero-order valence-corrected chi connectivity index (χ0v) is 11.1. The Morgan fingerprint density at radius 1 is 1.37 bits per heavy atom. The topological polar surface area (TPSA) is 78.1 Å². The molecule has 5 heteroatoms. The molecule has 102 valence electrons. The van der Waals surface area contributed by atoms with Gasteiger partial charge in [-0.2, -0.15) is 4.98 Å². The summed E-state index contributed by atoms with van der Waals surface area (Å²) in [6.07, 6.45) is 6.33. The van der Waals surface area contributed by atoms with Crippen molar-refractivity contribution in [3.63, 3.8) is 0 Å². The first-order valence-corrected chi connectivity index (χ1v) is 6.87. The van der Waals surface area contributed by atoms with Gasteiger partial charge in [0, 0.05) is 5.92 Å². The summed E-state index contributed by atoms with van der Waals surface area (Å²) >= 11 is 0. The first-order chi connectivity index (χ1) is 9.29. The molecular formula is C14H19N3O2. The van der Waals surface area contributed by atoms with Gasteiger partial charge in [0.05, 0.1) is 6.26 Å². The first kappa shape index (κ1) is 12.4. The molecule has 1 saturated carbocycles. The Balaban J connectivity index is 1.86. The quantitative estimate of drug-likeness (QED) is 0.919. The van der Waals surface area contributed by atoms with Crippen molar-refractivity contribution in [1.82, 2.24) is 10.1 Å². The number of aryl methyl sites for hydroxylation is 1. The smallest absolute Gasteiger partial charge is 0.238 e. The van der Waals surface area contributed by atoms with Crippen LogP contribution in [0.3, 0.4) is 0 Å². The number of furan rings is 1. The van der Waals surface area contributed by atoms with E-state index in [1.54, 1.807) is 6.26 Å². The van der Waals surface area contributed by atoms with E-state index in [1.165, 1.54) is 12.8 Å². The summed E-state index contributed by atoms with van der Waals surface area (Å²) < 4.78 is 10.8. The van der Waals surface area contributed by atoms with Gasteiger partial charge in [-0.1, -0.05) is 18.0 Å². The molecule has 2 atom stereocenters. The number of aromatic nitrogens is 2. The van der Waals surface area contributed by atoms with Gasteiger partial charge in [0.2, 0.25) is 11.7 Å². The zero-order valence-electron chi connectivity index (χ0n) is 11.1. The highest BCUT2D eigenvalue weighted by atomic mass is 16.5. The summed E-state index contributed by atoms with van der Waals surface area (Å²) in [4.78, 5) is 4.51. The normalized spacial score (nSPS) is 23.7. The van der Waals surface area contributed by atoms with Crippen molar-refractivity contribution in [2.45, 2.75) is 38.5 Å². The van der Waals surface area contributed by atoms with Gasteiger partial charge in [0.15, 0.2) is 5.76 Å². The van der Waals surface area contributed by atoms with Gasteiger partial charge in [0.1, 0.15) is 0 Å². The minimum absolute atomic E-state index is 0.301. The Bertz CT molecular complexity index is 546. The molecule has 1 fully saturated rings. The molecule has 0 aromatic carbocycles. The molecular weight excluding hydrogens is 242 g/mol. The molecule has 2 N–H and O–H groups in total. The van der Waals surface area contributed by atoms with Gasteiger partial charge in [-0.3, -0.25) is 0 Å². The maximum absolute atomic E-state index is 5.85. The van der Waals surface area contributed by atoms with E-state index in [1.807, 2.05) is 13.0 Å². The summed E-state index contributed by atoms with van der Waals surface area (Å²) in [7, 11) is 0. The second-order valence-electron chi connectivity index (χ2n) is 5.28. The van der Waals surface area contributed by atoms with Crippen LogP contribution in [-0.4, -0.2) is 16.7 Å². The fraction of sp³-hybridized carbons (Fsp3) is 0.571. The molecule has 1 aliphatic carbocycles. The lowest BCUT2D eigenvalue weighted by molar-refractivity contribution is 0.249. The number of nitrogens with zero attached hydrogens (tertiary/aromatic N) is 2. The minimum atomic E-state index is 0.301. The number of nitrogens with two attached hydrogens (primary N) is 1. The molecule has 2 heterocycles. The molecule has 5 nitrogen and oxygen atoms in total. The Hall–Kier alpha value is -1.62. The van der Waals surface area contributed by atoms with Crippen molar-refractivity contribution in [3.05, 3.63) is 23.8 Å². The molecule has 3 rings (SSSR count). The lowest BCUT2D eigenvalue weighted by atomic mass is 9.79. The summed E-state index contributed by atoms with van der Waals surface area (Å²) in [5, 5.41) is 4.04. The van der Waals surface area contributed by atoms with Gasteiger partial charge in [-0.15, -0.1) is 0 Å². The van der Waals surface area contributed by atoms with E-state index in [-0.39, 0.29) is 0 Å². The maximum atomic E-state index is 5.85. The average Bonchev–Trinajstić information content (AvgIpc) is 3.07. The monoisotopic (exact) mass is 261 g/mol. The van der Waals surface area contributed by atoms with E-state index >= 15 is 0 Å². The number of hydrogen-bond acceptors (Lipinski definition) is 5. The highest BCUT2D eigenvalue weighted by molar-refractivity contribution is 5.51. The van der Waals surface area contributed by atoms with Crippen LogP contribution >= 0.6 is 0 Å². The van der Waals surface area contributed by atoms with Crippen molar-refractivity contribution in [2.75, 3.05) is 6.54 Å². The van der Waals surface area contributed by atoms with Crippen molar-refractivity contribution < 1.29 is 8.94 Å². The lowest BCUT2D eigenvalue weighted by Gasteiger charge is -2.27. The molecule has 1 aliphatic rings. The van der Waals surface area contributed by atoms with Gasteiger partial charge in [-0.05, 0) is 43.9 Å². The number of hydrogen-bond donors (Lipinski definition) is 1. The van der Waals surface area contributed by atoms with Crippen LogP contribution in [-0.2, 0) is 0 Å². The standard InChI is InChI=1S/C14H19N3O2/c1-9-6-7-18-12(9)13-16-14(19-17-13)11-5-3-2-4-10(11)8-15/h6-7,10-11H,2-5,8,15H2,1H3. The van der Waals surface area contributed by atoms with Crippen LogP contribution in [0.15, 0.2) is 21.3 Å². The predicted octanol–water partition coefficient (Wildman–Crippen LogP) is 2.87. The summed E-state index contributed by atoms with van der Waals surface area (Å²) in [5.74, 6) is 2.70. The van der Waals surface area contributed by atoms with Crippen LogP contribution in [0.1, 0.15) is 43.1 Å². The third-order valence-corrected chi connectivity index (χ3v) is 4.04. The van der Waals surface area contributed by atoms with Gasteiger partial charge in [0.25, 0.3) is 0 Å². The zero-order chi connectivity index (χ0) is 13.2. The van der Waals surface area contributed by atoms with Crippen molar-refractivity contribution >= 4 is 0 Å². The highest BCUT2D eigenvalue weighted by Gasteiger charge is 2.30. The molecule has 2 unspecified atom stereocenters. The van der Waals surface area contributed by atoms with Crippen LogP contribution in [0.2, 0.25) is 0 Å².